The highest BCUT2D eigenvalue weighted by Gasteiger charge is 2.27. The Hall–Kier alpha value is -1.85. The fraction of sp³-hybridized carbons (Fsp3) is 0.500. The van der Waals surface area contributed by atoms with Crippen LogP contribution in [-0.4, -0.2) is 22.3 Å². The molecular weight excluding hydrogens is 350 g/mol. The van der Waals surface area contributed by atoms with E-state index in [0.717, 1.165) is 24.3 Å². The molecule has 138 valence electrons. The molecule has 0 bridgehead atoms. The number of ether oxygens (including phenoxy) is 1. The van der Waals surface area contributed by atoms with Gasteiger partial charge in [0.2, 0.25) is 5.91 Å². The van der Waals surface area contributed by atoms with Crippen LogP contribution in [-0.2, 0) is 35.5 Å². The van der Waals surface area contributed by atoms with Crippen molar-refractivity contribution in [1.29, 1.82) is 0 Å². The smallest absolute Gasteiger partial charge is 0.224 e. The zero-order valence-corrected chi connectivity index (χ0v) is 15.6. The number of aromatic nitrogens is 2. The molecule has 0 atom stereocenters. The number of rotatable bonds is 5. The van der Waals surface area contributed by atoms with E-state index in [0.29, 0.717) is 24.2 Å². The van der Waals surface area contributed by atoms with Gasteiger partial charge in [0.15, 0.2) is 0 Å². The second kappa shape index (κ2) is 7.80. The molecule has 1 amide bonds. The Labute approximate surface area is 158 Å². The second-order valence-electron chi connectivity index (χ2n) is 7.10. The Morgan fingerprint density at radius 1 is 1.31 bits per heavy atom. The molecule has 1 fully saturated rings. The maximum atomic E-state index is 12.3. The van der Waals surface area contributed by atoms with Crippen molar-refractivity contribution in [3.8, 4) is 0 Å². The predicted molar refractivity (Wildman–Crippen MR) is 100 cm³/mol. The van der Waals surface area contributed by atoms with Gasteiger partial charge in [-0.25, -0.2) is 0 Å². The van der Waals surface area contributed by atoms with Crippen LogP contribution >= 0.6 is 11.6 Å². The normalized spacial score (nSPS) is 17.3. The number of halogens is 1. The minimum atomic E-state index is -0.0426. The summed E-state index contributed by atoms with van der Waals surface area (Å²) < 4.78 is 7.87. The average molecular weight is 374 g/mol. The van der Waals surface area contributed by atoms with E-state index < -0.39 is 0 Å². The fourth-order valence-corrected chi connectivity index (χ4v) is 4.19. The summed E-state index contributed by atoms with van der Waals surface area (Å²) in [6, 6.07) is 7.96. The monoisotopic (exact) mass is 373 g/mol. The SMILES string of the molecule is O=C(Cc1ccccc1Cl)NCc1nn(C2CCCC2)c2c1COCC2. The van der Waals surface area contributed by atoms with Gasteiger partial charge in [0.25, 0.3) is 0 Å². The molecule has 2 heterocycles. The molecule has 2 aromatic rings. The number of benzene rings is 1. The first-order chi connectivity index (χ1) is 12.7. The number of hydrogen-bond acceptors (Lipinski definition) is 3. The number of fused-ring (bicyclic) bond motifs is 1. The molecule has 1 aromatic carbocycles. The molecule has 0 unspecified atom stereocenters. The van der Waals surface area contributed by atoms with E-state index in [4.69, 9.17) is 21.4 Å². The minimum Gasteiger partial charge on any atom is -0.376 e. The van der Waals surface area contributed by atoms with E-state index in [1.165, 1.54) is 36.9 Å². The summed E-state index contributed by atoms with van der Waals surface area (Å²) in [6.45, 7) is 1.79. The van der Waals surface area contributed by atoms with Gasteiger partial charge in [-0.15, -0.1) is 0 Å². The highest BCUT2D eigenvalue weighted by molar-refractivity contribution is 6.31. The number of nitrogens with zero attached hydrogens (tertiary/aromatic N) is 2. The molecule has 1 saturated carbocycles. The van der Waals surface area contributed by atoms with E-state index in [9.17, 15) is 4.79 Å². The number of nitrogens with one attached hydrogen (secondary N) is 1. The summed E-state index contributed by atoms with van der Waals surface area (Å²) in [6.07, 6.45) is 6.15. The van der Waals surface area contributed by atoms with Crippen LogP contribution in [0.4, 0.5) is 0 Å². The third-order valence-corrected chi connectivity index (χ3v) is 5.73. The van der Waals surface area contributed by atoms with Crippen molar-refractivity contribution in [2.24, 2.45) is 0 Å². The lowest BCUT2D eigenvalue weighted by Crippen LogP contribution is -2.25. The highest BCUT2D eigenvalue weighted by Crippen LogP contribution is 2.33. The lowest BCUT2D eigenvalue weighted by atomic mass is 10.1. The summed E-state index contributed by atoms with van der Waals surface area (Å²) in [7, 11) is 0. The molecule has 1 aromatic heterocycles. The summed E-state index contributed by atoms with van der Waals surface area (Å²) in [5.74, 6) is -0.0426. The number of carbonyl (C=O) groups excluding carboxylic acids is 1. The first-order valence-corrected chi connectivity index (χ1v) is 9.77. The van der Waals surface area contributed by atoms with Gasteiger partial charge in [0.05, 0.1) is 37.9 Å². The van der Waals surface area contributed by atoms with E-state index in [1.807, 2.05) is 18.2 Å². The molecule has 6 heteroatoms. The Morgan fingerprint density at radius 2 is 2.12 bits per heavy atom. The molecule has 1 aliphatic heterocycles. The van der Waals surface area contributed by atoms with Gasteiger partial charge in [0.1, 0.15) is 0 Å². The van der Waals surface area contributed by atoms with Gasteiger partial charge in [-0.2, -0.15) is 5.10 Å². The lowest BCUT2D eigenvalue weighted by molar-refractivity contribution is -0.120. The summed E-state index contributed by atoms with van der Waals surface area (Å²) >= 11 is 6.14. The van der Waals surface area contributed by atoms with Crippen LogP contribution in [0.1, 0.15) is 54.2 Å². The number of amides is 1. The summed E-state index contributed by atoms with van der Waals surface area (Å²) in [5.41, 5.74) is 4.26. The maximum absolute atomic E-state index is 12.3. The van der Waals surface area contributed by atoms with Crippen molar-refractivity contribution < 1.29 is 9.53 Å². The largest absolute Gasteiger partial charge is 0.376 e. The van der Waals surface area contributed by atoms with Gasteiger partial charge < -0.3 is 10.1 Å². The van der Waals surface area contributed by atoms with Gasteiger partial charge in [-0.3, -0.25) is 9.48 Å². The van der Waals surface area contributed by atoms with Crippen LogP contribution in [0.2, 0.25) is 5.02 Å². The van der Waals surface area contributed by atoms with Crippen molar-refractivity contribution in [3.05, 3.63) is 51.8 Å². The third-order valence-electron chi connectivity index (χ3n) is 5.36. The molecule has 1 aliphatic carbocycles. The van der Waals surface area contributed by atoms with Gasteiger partial charge in [0, 0.05) is 22.7 Å². The Balaban J connectivity index is 1.46. The predicted octanol–water partition coefficient (Wildman–Crippen LogP) is 3.58. The van der Waals surface area contributed by atoms with Crippen molar-refractivity contribution in [1.82, 2.24) is 15.1 Å². The Kier molecular flexibility index (Phi) is 5.27. The van der Waals surface area contributed by atoms with Crippen LogP contribution < -0.4 is 5.32 Å². The van der Waals surface area contributed by atoms with E-state index >= 15 is 0 Å². The first kappa shape index (κ1) is 17.6. The topological polar surface area (TPSA) is 56.2 Å². The first-order valence-electron chi connectivity index (χ1n) is 9.39. The quantitative estimate of drug-likeness (QED) is 0.871. The molecule has 2 aliphatic rings. The molecule has 0 spiro atoms. The standard InChI is InChI=1S/C20H24ClN3O2/c21-17-8-4-1-5-14(17)11-20(25)22-12-18-16-13-26-10-9-19(16)24(23-18)15-6-2-3-7-15/h1,4-5,8,15H,2-3,6-7,9-13H2,(H,22,25). The van der Waals surface area contributed by atoms with Gasteiger partial charge >= 0.3 is 0 Å². The fourth-order valence-electron chi connectivity index (χ4n) is 3.98. The molecule has 0 saturated heterocycles. The zero-order valence-electron chi connectivity index (χ0n) is 14.8. The van der Waals surface area contributed by atoms with Crippen LogP contribution in [0.5, 0.6) is 0 Å². The van der Waals surface area contributed by atoms with Crippen LogP contribution in [0.3, 0.4) is 0 Å². The minimum absolute atomic E-state index is 0.0426. The molecule has 1 N–H and O–H groups in total. The van der Waals surface area contributed by atoms with E-state index in [-0.39, 0.29) is 12.3 Å². The van der Waals surface area contributed by atoms with E-state index in [2.05, 4.69) is 10.00 Å². The summed E-state index contributed by atoms with van der Waals surface area (Å²) in [4.78, 5) is 12.3. The van der Waals surface area contributed by atoms with Crippen molar-refractivity contribution in [2.75, 3.05) is 6.61 Å². The summed E-state index contributed by atoms with van der Waals surface area (Å²) in [5, 5.41) is 8.49. The van der Waals surface area contributed by atoms with Crippen LogP contribution in [0.25, 0.3) is 0 Å². The Bertz CT molecular complexity index is 796. The van der Waals surface area contributed by atoms with Gasteiger partial charge in [-0.1, -0.05) is 42.6 Å². The van der Waals surface area contributed by atoms with Crippen LogP contribution in [0, 0.1) is 0 Å². The number of hydrogen-bond donors (Lipinski definition) is 1. The van der Waals surface area contributed by atoms with Gasteiger partial charge in [-0.05, 0) is 24.5 Å². The Morgan fingerprint density at radius 3 is 2.92 bits per heavy atom. The molecule has 4 rings (SSSR count). The van der Waals surface area contributed by atoms with Crippen molar-refractivity contribution >= 4 is 17.5 Å². The van der Waals surface area contributed by atoms with E-state index in [1.54, 1.807) is 6.07 Å². The van der Waals surface area contributed by atoms with Crippen molar-refractivity contribution in [2.45, 2.75) is 57.7 Å². The molecule has 26 heavy (non-hydrogen) atoms. The average Bonchev–Trinajstić information content (AvgIpc) is 3.30. The molecule has 5 nitrogen and oxygen atoms in total. The van der Waals surface area contributed by atoms with Crippen LogP contribution in [0.15, 0.2) is 24.3 Å². The van der Waals surface area contributed by atoms with Crippen molar-refractivity contribution in [3.63, 3.8) is 0 Å². The second-order valence-corrected chi connectivity index (χ2v) is 7.51. The highest BCUT2D eigenvalue weighted by atomic mass is 35.5. The molecular formula is C20H24ClN3O2. The lowest BCUT2D eigenvalue weighted by Gasteiger charge is -2.18. The zero-order chi connectivity index (χ0) is 17.9. The number of carbonyl (C=O) groups is 1. The maximum Gasteiger partial charge on any atom is 0.224 e. The molecule has 0 radical (unpaired) electrons. The third kappa shape index (κ3) is 3.64.